The Labute approximate surface area is 249 Å². The zero-order chi connectivity index (χ0) is 25.1. The van der Waals surface area contributed by atoms with Gasteiger partial charge in [0.2, 0.25) is 0 Å². The predicted molar refractivity (Wildman–Crippen MR) is 174 cm³/mol. The van der Waals surface area contributed by atoms with Crippen LogP contribution in [0.5, 0.6) is 0 Å². The van der Waals surface area contributed by atoms with E-state index in [4.69, 9.17) is 0 Å². The van der Waals surface area contributed by atoms with Crippen LogP contribution in [0.15, 0.2) is 114 Å². The van der Waals surface area contributed by atoms with E-state index in [0.717, 1.165) is 12.8 Å². The van der Waals surface area contributed by atoms with E-state index in [0.29, 0.717) is 0 Å². The predicted octanol–water partition coefficient (Wildman–Crippen LogP) is 9.01. The quantitative estimate of drug-likeness (QED) is 0.172. The van der Waals surface area contributed by atoms with Crippen molar-refractivity contribution in [2.75, 3.05) is 0 Å². The molecule has 0 radical (unpaired) electrons. The van der Waals surface area contributed by atoms with Crippen LogP contribution in [0.2, 0.25) is 0 Å². The third kappa shape index (κ3) is 4.74. The second kappa shape index (κ2) is 11.0. The fourth-order valence-electron chi connectivity index (χ4n) is 7.12. The van der Waals surface area contributed by atoms with Crippen molar-refractivity contribution in [3.05, 3.63) is 142 Å². The summed E-state index contributed by atoms with van der Waals surface area (Å²) >= 11 is -3.19. The molecule has 0 unspecified atom stereocenters. The summed E-state index contributed by atoms with van der Waals surface area (Å²) in [6.07, 6.45) is 2.19. The molecule has 0 aliphatic heterocycles. The molecule has 0 fully saturated rings. The van der Waals surface area contributed by atoms with Crippen LogP contribution in [-0.4, -0.2) is 6.88 Å². The van der Waals surface area contributed by atoms with Gasteiger partial charge in [0, 0.05) is 0 Å². The molecule has 7 rings (SSSR count). The summed E-state index contributed by atoms with van der Waals surface area (Å²) in [5, 5.41) is 5.47. The molecule has 0 N–H and O–H groups in total. The molecule has 4 heteroatoms. The Morgan fingerprint density at radius 3 is 1.38 bits per heavy atom. The average Bonchev–Trinajstić information content (AvgIpc) is 3.40. The van der Waals surface area contributed by atoms with Gasteiger partial charge in [0.25, 0.3) is 0 Å². The van der Waals surface area contributed by atoms with Crippen LogP contribution in [0.25, 0.3) is 28.1 Å². The molecule has 195 valence electrons. The van der Waals surface area contributed by atoms with Gasteiger partial charge in [0.15, 0.2) is 0 Å². The standard InChI is InChI=1S/2C14H11.C7H7.2ClH.H2Si.Zr/c2*1-10-6-13-8-11-4-2-3-5-12(11)9-14(13)7-10;1-7-5-3-2-4-6-7;;;;/h2*2-5,8-9H,6H2,1H3;2-6H,1H2;2*1H;1H2;. The molecule has 39 heavy (non-hydrogen) atoms. The third-order valence-electron chi connectivity index (χ3n) is 8.55. The van der Waals surface area contributed by atoms with E-state index in [1.807, 2.05) is 0 Å². The summed E-state index contributed by atoms with van der Waals surface area (Å²) < 4.78 is 4.73. The van der Waals surface area contributed by atoms with Crippen LogP contribution < -0.4 is 0 Å². The van der Waals surface area contributed by atoms with Gasteiger partial charge in [-0.1, -0.05) is 0 Å². The average molecular weight is 644 g/mol. The number of benzene rings is 5. The van der Waals surface area contributed by atoms with Gasteiger partial charge in [-0.15, -0.1) is 24.8 Å². The first-order valence-corrected chi connectivity index (χ1v) is 23.5. The molecule has 0 spiro atoms. The first kappa shape index (κ1) is 28.3. The summed E-state index contributed by atoms with van der Waals surface area (Å²) in [5.41, 5.74) is 10.9. The van der Waals surface area contributed by atoms with Crippen molar-refractivity contribution in [2.45, 2.75) is 30.8 Å². The van der Waals surface area contributed by atoms with E-state index in [1.54, 1.807) is 28.8 Å². The summed E-state index contributed by atoms with van der Waals surface area (Å²) in [6, 6.07) is 39.1. The molecule has 0 amide bonds. The zero-order valence-corrected chi connectivity index (χ0v) is 28.0. The first-order valence-electron chi connectivity index (χ1n) is 13.3. The zero-order valence-electron chi connectivity index (χ0n) is 22.5. The Morgan fingerprint density at radius 2 is 0.949 bits per heavy atom. The van der Waals surface area contributed by atoms with E-state index in [1.165, 1.54) is 42.4 Å². The van der Waals surface area contributed by atoms with Crippen molar-refractivity contribution in [3.8, 4) is 0 Å². The van der Waals surface area contributed by atoms with E-state index in [-0.39, 0.29) is 24.8 Å². The maximum atomic E-state index is 2.52. The minimum atomic E-state index is -3.19. The van der Waals surface area contributed by atoms with Crippen molar-refractivity contribution >= 4 is 59.8 Å². The molecule has 0 saturated heterocycles. The Bertz CT molecular complexity index is 1740. The smallest absolute Gasteiger partial charge is 0.147 e. The van der Waals surface area contributed by atoms with E-state index >= 15 is 0 Å². The molecular weight excluding hydrogens is 611 g/mol. The molecule has 0 nitrogen and oxygen atoms in total. The molecule has 0 heterocycles. The molecule has 0 saturated carbocycles. The molecule has 5 aromatic carbocycles. The van der Waals surface area contributed by atoms with Crippen molar-refractivity contribution in [1.29, 1.82) is 0 Å². The topological polar surface area (TPSA) is 0 Å². The maximum absolute atomic E-state index is 3.19. The number of allylic oxidation sites excluding steroid dienone is 2. The monoisotopic (exact) mass is 641 g/mol. The summed E-state index contributed by atoms with van der Waals surface area (Å²) in [7, 11) is 0. The number of fused-ring (bicyclic) bond motifs is 4. The van der Waals surface area contributed by atoms with Gasteiger partial charge >= 0.3 is 227 Å². The second-order valence-electron chi connectivity index (χ2n) is 11.1. The van der Waals surface area contributed by atoms with Crippen molar-refractivity contribution in [3.63, 3.8) is 0 Å². The van der Waals surface area contributed by atoms with E-state index in [9.17, 15) is 0 Å². The number of rotatable bonds is 4. The molecular formula is C35H33Cl2SiZr. The van der Waals surface area contributed by atoms with Crippen LogP contribution in [0.3, 0.4) is 0 Å². The molecule has 0 bridgehead atoms. The van der Waals surface area contributed by atoms with Gasteiger partial charge in [-0.2, -0.15) is 0 Å². The van der Waals surface area contributed by atoms with Crippen molar-refractivity contribution in [1.82, 2.24) is 0 Å². The van der Waals surface area contributed by atoms with E-state index in [2.05, 4.69) is 124 Å². The Morgan fingerprint density at radius 1 is 0.564 bits per heavy atom. The maximum Gasteiger partial charge on any atom is -0.147 e. The summed E-state index contributed by atoms with van der Waals surface area (Å²) in [4.78, 5) is 0. The SMILES string of the molecule is CC1=[C]([Zr](=[SiH2])([CH2]c2ccccc2)[C]2=C(C)Cc3cc4ccccc4cc32)c2cc3ccccc3cc2C1.Cl.Cl. The molecule has 5 aromatic rings. The normalized spacial score (nSPS) is 14.3. The Kier molecular flexibility index (Phi) is 7.97. The minimum absolute atomic E-state index is 0. The van der Waals surface area contributed by atoms with Crippen LogP contribution in [-0.2, 0) is 35.9 Å². The van der Waals surface area contributed by atoms with Crippen LogP contribution in [0.4, 0.5) is 0 Å². The number of hydrogen-bond donors (Lipinski definition) is 0. The summed E-state index contributed by atoms with van der Waals surface area (Å²) in [5.74, 6) is 0. The van der Waals surface area contributed by atoms with E-state index < -0.39 is 18.9 Å². The largest absolute Gasteiger partial charge is 0.147 e. The van der Waals surface area contributed by atoms with Crippen LogP contribution in [0.1, 0.15) is 41.7 Å². The fraction of sp³-hybridized carbons (Fsp3) is 0.143. The fourth-order valence-corrected chi connectivity index (χ4v) is 26.6. The van der Waals surface area contributed by atoms with Gasteiger partial charge in [-0.05, 0) is 0 Å². The van der Waals surface area contributed by atoms with Gasteiger partial charge in [0.05, 0.1) is 0 Å². The Hall–Kier alpha value is -2.22. The molecule has 0 atom stereocenters. The molecule has 0 aromatic heterocycles. The van der Waals surface area contributed by atoms with Gasteiger partial charge < -0.3 is 0 Å². The van der Waals surface area contributed by atoms with Crippen LogP contribution >= 0.6 is 24.8 Å². The summed E-state index contributed by atoms with van der Waals surface area (Å²) in [6.45, 7) is 7.29. The number of hydrogen-bond acceptors (Lipinski definition) is 0. The van der Waals surface area contributed by atoms with Gasteiger partial charge in [0.1, 0.15) is 0 Å². The third-order valence-corrected chi connectivity index (χ3v) is 24.8. The van der Waals surface area contributed by atoms with Crippen molar-refractivity contribution in [2.24, 2.45) is 0 Å². The first-order chi connectivity index (χ1) is 18.0. The van der Waals surface area contributed by atoms with Crippen molar-refractivity contribution < 1.29 is 18.9 Å². The Balaban J connectivity index is 0.00000154. The van der Waals surface area contributed by atoms with Crippen LogP contribution in [0, 0.1) is 0 Å². The van der Waals surface area contributed by atoms with Gasteiger partial charge in [-0.3, -0.25) is 0 Å². The second-order valence-corrected chi connectivity index (χ2v) is 26.9. The minimum Gasteiger partial charge on any atom is -0.147 e. The van der Waals surface area contributed by atoms with Gasteiger partial charge in [-0.25, -0.2) is 0 Å². The molecule has 2 aliphatic rings. The number of halogens is 2. The molecule has 2 aliphatic carbocycles.